The van der Waals surface area contributed by atoms with E-state index in [1.807, 2.05) is 44.3 Å². The molecule has 0 bridgehead atoms. The van der Waals surface area contributed by atoms with Gasteiger partial charge in [-0.25, -0.2) is 0 Å². The number of ether oxygens (including phenoxy) is 1. The van der Waals surface area contributed by atoms with Crippen LogP contribution in [0.15, 0.2) is 46.2 Å². The predicted octanol–water partition coefficient (Wildman–Crippen LogP) is 4.46. The fourth-order valence-electron chi connectivity index (χ4n) is 3.29. The highest BCUT2D eigenvalue weighted by molar-refractivity contribution is 6.07. The quantitative estimate of drug-likeness (QED) is 0.591. The molecule has 1 aliphatic heterocycles. The SMILES string of the molecule is CCCCNC(=O)CC1=C(C)/C(=C/c2[nH]c(-c3ccc[nH]3)cc2OC)N=C1C. The van der Waals surface area contributed by atoms with Crippen molar-refractivity contribution in [2.75, 3.05) is 13.7 Å². The maximum absolute atomic E-state index is 12.2. The molecule has 1 amide bonds. The molecule has 0 aromatic carbocycles. The first-order valence-electron chi connectivity index (χ1n) is 9.68. The summed E-state index contributed by atoms with van der Waals surface area (Å²) in [4.78, 5) is 23.5. The number of aromatic amines is 2. The summed E-state index contributed by atoms with van der Waals surface area (Å²) < 4.78 is 5.52. The monoisotopic (exact) mass is 380 g/mol. The van der Waals surface area contributed by atoms with Gasteiger partial charge in [0.2, 0.25) is 5.91 Å². The van der Waals surface area contributed by atoms with Gasteiger partial charge in [0.1, 0.15) is 5.75 Å². The lowest BCUT2D eigenvalue weighted by Crippen LogP contribution is -2.25. The van der Waals surface area contributed by atoms with Crippen LogP contribution in [0.2, 0.25) is 0 Å². The molecule has 0 unspecified atom stereocenters. The molecule has 3 N–H and O–H groups in total. The van der Waals surface area contributed by atoms with Gasteiger partial charge >= 0.3 is 0 Å². The number of unbranched alkanes of at least 4 members (excludes halogenated alkanes) is 1. The van der Waals surface area contributed by atoms with Crippen molar-refractivity contribution in [3.05, 3.63) is 46.9 Å². The van der Waals surface area contributed by atoms with Gasteiger partial charge in [0.05, 0.1) is 36.3 Å². The summed E-state index contributed by atoms with van der Waals surface area (Å²) in [6, 6.07) is 5.92. The summed E-state index contributed by atoms with van der Waals surface area (Å²) in [5, 5.41) is 2.98. The molecule has 0 spiro atoms. The largest absolute Gasteiger partial charge is 0.494 e. The van der Waals surface area contributed by atoms with Gasteiger partial charge in [0.25, 0.3) is 0 Å². The van der Waals surface area contributed by atoms with Gasteiger partial charge in [-0.2, -0.15) is 0 Å². The number of hydrogen-bond acceptors (Lipinski definition) is 3. The Morgan fingerprint density at radius 2 is 2.14 bits per heavy atom. The first kappa shape index (κ1) is 19.7. The van der Waals surface area contributed by atoms with Crippen molar-refractivity contribution in [1.29, 1.82) is 0 Å². The van der Waals surface area contributed by atoms with Gasteiger partial charge in [0.15, 0.2) is 0 Å². The van der Waals surface area contributed by atoms with Crippen molar-refractivity contribution in [1.82, 2.24) is 15.3 Å². The second-order valence-electron chi connectivity index (χ2n) is 6.96. The van der Waals surface area contributed by atoms with E-state index < -0.39 is 0 Å². The van der Waals surface area contributed by atoms with Crippen LogP contribution in [-0.4, -0.2) is 35.2 Å². The standard InChI is InChI=1S/C22H28N4O2/c1-5-6-9-24-22(27)11-16-14(2)18(25-15(16)3)12-20-21(28-4)13-19(26-20)17-8-7-10-23-17/h7-8,10,12-13,23,26H,5-6,9,11H2,1-4H3,(H,24,27)/b18-12-. The lowest BCUT2D eigenvalue weighted by atomic mass is 10.0. The van der Waals surface area contributed by atoms with E-state index in [1.54, 1.807) is 7.11 Å². The number of H-pyrrole nitrogens is 2. The molecule has 3 heterocycles. The number of nitrogens with one attached hydrogen (secondary N) is 3. The molecule has 148 valence electrons. The molecule has 0 aliphatic carbocycles. The van der Waals surface area contributed by atoms with Crippen molar-refractivity contribution in [3.63, 3.8) is 0 Å². The summed E-state index contributed by atoms with van der Waals surface area (Å²) >= 11 is 0. The Morgan fingerprint density at radius 3 is 2.82 bits per heavy atom. The molecule has 1 aliphatic rings. The first-order valence-corrected chi connectivity index (χ1v) is 9.68. The third-order valence-electron chi connectivity index (χ3n) is 4.95. The van der Waals surface area contributed by atoms with E-state index in [-0.39, 0.29) is 5.91 Å². The van der Waals surface area contributed by atoms with Crippen LogP contribution in [0.5, 0.6) is 5.75 Å². The summed E-state index contributed by atoms with van der Waals surface area (Å²) in [5.41, 5.74) is 6.56. The highest BCUT2D eigenvalue weighted by atomic mass is 16.5. The predicted molar refractivity (Wildman–Crippen MR) is 113 cm³/mol. The Hall–Kier alpha value is -3.02. The zero-order valence-electron chi connectivity index (χ0n) is 17.0. The molecule has 6 heteroatoms. The summed E-state index contributed by atoms with van der Waals surface area (Å²) in [7, 11) is 1.65. The third-order valence-corrected chi connectivity index (χ3v) is 4.95. The third kappa shape index (κ3) is 4.27. The molecule has 0 fully saturated rings. The van der Waals surface area contributed by atoms with Crippen LogP contribution in [0.1, 0.15) is 45.7 Å². The minimum absolute atomic E-state index is 0.0464. The Bertz CT molecular complexity index is 930. The number of carbonyl (C=O) groups excluding carboxylic acids is 1. The van der Waals surface area contributed by atoms with E-state index in [0.29, 0.717) is 6.42 Å². The first-order chi connectivity index (χ1) is 13.5. The Morgan fingerprint density at radius 1 is 1.32 bits per heavy atom. The van der Waals surface area contributed by atoms with Crippen LogP contribution in [0, 0.1) is 0 Å². The van der Waals surface area contributed by atoms with Crippen LogP contribution in [0.3, 0.4) is 0 Å². The van der Waals surface area contributed by atoms with Crippen LogP contribution in [-0.2, 0) is 4.79 Å². The van der Waals surface area contributed by atoms with Crippen molar-refractivity contribution in [3.8, 4) is 17.1 Å². The average molecular weight is 380 g/mol. The van der Waals surface area contributed by atoms with Crippen molar-refractivity contribution < 1.29 is 9.53 Å². The molecule has 6 nitrogen and oxygen atoms in total. The number of aliphatic imine (C=N–C) groups is 1. The summed E-state index contributed by atoms with van der Waals surface area (Å²) in [6.45, 7) is 6.80. The molecule has 0 saturated carbocycles. The number of rotatable bonds is 8. The molecule has 2 aromatic heterocycles. The fourth-order valence-corrected chi connectivity index (χ4v) is 3.29. The average Bonchev–Trinajstić information content (AvgIpc) is 3.39. The molecule has 0 saturated heterocycles. The molecular formula is C22H28N4O2. The molecular weight excluding hydrogens is 352 g/mol. The van der Waals surface area contributed by atoms with Crippen LogP contribution >= 0.6 is 0 Å². The maximum atomic E-state index is 12.2. The zero-order valence-corrected chi connectivity index (χ0v) is 17.0. The van der Waals surface area contributed by atoms with Crippen LogP contribution in [0.25, 0.3) is 17.5 Å². The van der Waals surface area contributed by atoms with Crippen molar-refractivity contribution in [2.45, 2.75) is 40.0 Å². The molecule has 0 radical (unpaired) electrons. The van der Waals surface area contributed by atoms with Gasteiger partial charge in [-0.3, -0.25) is 9.79 Å². The normalized spacial score (nSPS) is 15.3. The van der Waals surface area contributed by atoms with Crippen LogP contribution < -0.4 is 10.1 Å². The topological polar surface area (TPSA) is 82.3 Å². The van der Waals surface area contributed by atoms with Gasteiger partial charge in [-0.05, 0) is 49.6 Å². The molecule has 0 atom stereocenters. The van der Waals surface area contributed by atoms with E-state index in [9.17, 15) is 4.79 Å². The minimum Gasteiger partial charge on any atom is -0.494 e. The number of methoxy groups -OCH3 is 1. The van der Waals surface area contributed by atoms with E-state index >= 15 is 0 Å². The fraction of sp³-hybridized carbons (Fsp3) is 0.364. The minimum atomic E-state index is 0.0464. The second kappa shape index (κ2) is 8.78. The molecule has 2 aromatic rings. The van der Waals surface area contributed by atoms with Gasteiger partial charge in [-0.1, -0.05) is 13.3 Å². The van der Waals surface area contributed by atoms with E-state index in [0.717, 1.165) is 64.8 Å². The van der Waals surface area contributed by atoms with Crippen molar-refractivity contribution >= 4 is 17.7 Å². The van der Waals surface area contributed by atoms with Gasteiger partial charge < -0.3 is 20.0 Å². The number of nitrogens with zero attached hydrogens (tertiary/aromatic N) is 1. The number of hydrogen-bond donors (Lipinski definition) is 3. The Labute approximate surface area is 165 Å². The zero-order chi connectivity index (χ0) is 20.1. The van der Waals surface area contributed by atoms with E-state index in [4.69, 9.17) is 4.74 Å². The van der Waals surface area contributed by atoms with Gasteiger partial charge in [-0.15, -0.1) is 0 Å². The molecule has 28 heavy (non-hydrogen) atoms. The highest BCUT2D eigenvalue weighted by Gasteiger charge is 2.21. The number of amides is 1. The highest BCUT2D eigenvalue weighted by Crippen LogP contribution is 2.33. The van der Waals surface area contributed by atoms with Gasteiger partial charge in [0, 0.05) is 24.5 Å². The molecule has 3 rings (SSSR count). The Balaban J connectivity index is 1.83. The number of carbonyl (C=O) groups is 1. The number of allylic oxidation sites excluding steroid dienone is 1. The maximum Gasteiger partial charge on any atom is 0.224 e. The Kier molecular flexibility index (Phi) is 6.19. The second-order valence-corrected chi connectivity index (χ2v) is 6.96. The number of aromatic nitrogens is 2. The van der Waals surface area contributed by atoms with Crippen LogP contribution in [0.4, 0.5) is 0 Å². The smallest absolute Gasteiger partial charge is 0.224 e. The van der Waals surface area contributed by atoms with E-state index in [1.165, 1.54) is 0 Å². The summed E-state index contributed by atoms with van der Waals surface area (Å²) in [5.74, 6) is 0.800. The lowest BCUT2D eigenvalue weighted by molar-refractivity contribution is -0.120. The van der Waals surface area contributed by atoms with E-state index in [2.05, 4.69) is 27.2 Å². The summed E-state index contributed by atoms with van der Waals surface area (Å²) in [6.07, 6.45) is 6.29. The van der Waals surface area contributed by atoms with Crippen molar-refractivity contribution in [2.24, 2.45) is 4.99 Å². The lowest BCUT2D eigenvalue weighted by Gasteiger charge is -2.06.